The van der Waals surface area contributed by atoms with Crippen molar-refractivity contribution in [1.82, 2.24) is 4.90 Å². The number of benzene rings is 1. The van der Waals surface area contributed by atoms with Gasteiger partial charge in [-0.05, 0) is 70.8 Å². The second-order valence-electron chi connectivity index (χ2n) is 7.86. The van der Waals surface area contributed by atoms with Crippen molar-refractivity contribution in [3.8, 4) is 0 Å². The Morgan fingerprint density at radius 3 is 2.41 bits per heavy atom. The standard InChI is InChI=1S/C20H30N2OS.C4H10O/c1-2-3-7-17-10-14-21(15-11-17)12-6-13-22-18-8-4-5-9-19(18)24-16-20(22)23;1-3-5-4-2/h4-5,8-9,17H,2-3,6-7,10-16H2,1H3;3-4H2,1-2H3. The summed E-state index contributed by atoms with van der Waals surface area (Å²) in [6, 6.07) is 8.30. The summed E-state index contributed by atoms with van der Waals surface area (Å²) in [5.41, 5.74) is 1.11. The van der Waals surface area contributed by atoms with Gasteiger partial charge in [0.25, 0.3) is 0 Å². The number of ether oxygens (including phenoxy) is 1. The molecule has 1 saturated heterocycles. The maximum Gasteiger partial charge on any atom is 0.237 e. The van der Waals surface area contributed by atoms with Crippen LogP contribution in [0.2, 0.25) is 0 Å². The smallest absolute Gasteiger partial charge is 0.237 e. The summed E-state index contributed by atoms with van der Waals surface area (Å²) in [5.74, 6) is 1.80. The Balaban J connectivity index is 0.000000537. The number of amides is 1. The van der Waals surface area contributed by atoms with E-state index in [1.165, 1.54) is 50.1 Å². The van der Waals surface area contributed by atoms with Crippen molar-refractivity contribution in [3.05, 3.63) is 24.3 Å². The van der Waals surface area contributed by atoms with Gasteiger partial charge >= 0.3 is 0 Å². The number of carbonyl (C=O) groups is 1. The molecule has 164 valence electrons. The Morgan fingerprint density at radius 1 is 1.03 bits per heavy atom. The highest BCUT2D eigenvalue weighted by atomic mass is 32.2. The van der Waals surface area contributed by atoms with Gasteiger partial charge in [0, 0.05) is 24.7 Å². The van der Waals surface area contributed by atoms with E-state index in [-0.39, 0.29) is 5.91 Å². The molecule has 5 heteroatoms. The lowest BCUT2D eigenvalue weighted by Crippen LogP contribution is -2.39. The first-order valence-electron chi connectivity index (χ1n) is 11.5. The molecule has 1 amide bonds. The molecule has 2 aliphatic heterocycles. The maximum absolute atomic E-state index is 12.3. The fourth-order valence-corrected chi connectivity index (χ4v) is 4.98. The summed E-state index contributed by atoms with van der Waals surface area (Å²) in [6.07, 6.45) is 7.93. The Bertz CT molecular complexity index is 586. The lowest BCUT2D eigenvalue weighted by atomic mass is 9.91. The molecule has 4 nitrogen and oxygen atoms in total. The predicted molar refractivity (Wildman–Crippen MR) is 125 cm³/mol. The van der Waals surface area contributed by atoms with Crippen molar-refractivity contribution >= 4 is 23.4 Å². The van der Waals surface area contributed by atoms with E-state index in [1.807, 2.05) is 24.8 Å². The summed E-state index contributed by atoms with van der Waals surface area (Å²) in [4.78, 5) is 18.1. The molecule has 0 atom stereocenters. The molecule has 29 heavy (non-hydrogen) atoms. The fraction of sp³-hybridized carbons (Fsp3) is 0.708. The Kier molecular flexibility index (Phi) is 11.7. The minimum absolute atomic E-state index is 0.261. The first-order chi connectivity index (χ1) is 14.2. The van der Waals surface area contributed by atoms with E-state index in [4.69, 9.17) is 4.74 Å². The third kappa shape index (κ3) is 8.31. The fourth-order valence-electron chi connectivity index (χ4n) is 4.05. The topological polar surface area (TPSA) is 32.8 Å². The zero-order valence-electron chi connectivity index (χ0n) is 18.7. The number of rotatable bonds is 9. The Labute approximate surface area is 182 Å². The first-order valence-corrected chi connectivity index (χ1v) is 12.5. The molecule has 0 bridgehead atoms. The number of unbranched alkanes of at least 4 members (excludes halogenated alkanes) is 1. The number of hydrogen-bond donors (Lipinski definition) is 0. The molecular weight excluding hydrogens is 380 g/mol. The van der Waals surface area contributed by atoms with Crippen LogP contribution in [0.5, 0.6) is 0 Å². The molecule has 0 saturated carbocycles. The summed E-state index contributed by atoms with van der Waals surface area (Å²) in [6.45, 7) is 12.4. The number of likely N-dealkylation sites (tertiary alicyclic amines) is 1. The van der Waals surface area contributed by atoms with Crippen LogP contribution >= 0.6 is 11.8 Å². The van der Waals surface area contributed by atoms with Crippen molar-refractivity contribution in [1.29, 1.82) is 0 Å². The van der Waals surface area contributed by atoms with Crippen LogP contribution in [0, 0.1) is 5.92 Å². The molecule has 0 aliphatic carbocycles. The van der Waals surface area contributed by atoms with Gasteiger partial charge in [-0.3, -0.25) is 4.79 Å². The number of hydrogen-bond acceptors (Lipinski definition) is 4. The van der Waals surface area contributed by atoms with Gasteiger partial charge in [-0.15, -0.1) is 11.8 Å². The van der Waals surface area contributed by atoms with E-state index in [1.54, 1.807) is 11.8 Å². The number of fused-ring (bicyclic) bond motifs is 1. The van der Waals surface area contributed by atoms with Crippen molar-refractivity contribution in [3.63, 3.8) is 0 Å². The van der Waals surface area contributed by atoms with E-state index in [9.17, 15) is 4.79 Å². The van der Waals surface area contributed by atoms with Gasteiger partial charge in [-0.25, -0.2) is 0 Å². The van der Waals surface area contributed by atoms with Crippen LogP contribution in [-0.2, 0) is 9.53 Å². The number of carbonyl (C=O) groups excluding carboxylic acids is 1. The van der Waals surface area contributed by atoms with Gasteiger partial charge in [0.2, 0.25) is 5.91 Å². The lowest BCUT2D eigenvalue weighted by molar-refractivity contribution is -0.116. The van der Waals surface area contributed by atoms with E-state index in [2.05, 4.69) is 30.0 Å². The Morgan fingerprint density at radius 2 is 1.76 bits per heavy atom. The van der Waals surface area contributed by atoms with E-state index >= 15 is 0 Å². The third-order valence-electron chi connectivity index (χ3n) is 5.75. The van der Waals surface area contributed by atoms with Crippen LogP contribution in [-0.4, -0.2) is 56.0 Å². The summed E-state index contributed by atoms with van der Waals surface area (Å²) in [7, 11) is 0. The Hall–Kier alpha value is -1.04. The van der Waals surface area contributed by atoms with Gasteiger partial charge in [0.05, 0.1) is 11.4 Å². The quantitative estimate of drug-likeness (QED) is 0.531. The second-order valence-corrected chi connectivity index (χ2v) is 8.88. The molecular formula is C24H40N2O2S. The molecule has 0 aromatic heterocycles. The van der Waals surface area contributed by atoms with Gasteiger partial charge in [-0.1, -0.05) is 38.3 Å². The zero-order chi connectivity index (χ0) is 20.9. The monoisotopic (exact) mass is 420 g/mol. The van der Waals surface area contributed by atoms with Gasteiger partial charge in [-0.2, -0.15) is 0 Å². The third-order valence-corrected chi connectivity index (χ3v) is 6.79. The molecule has 0 spiro atoms. The van der Waals surface area contributed by atoms with E-state index in [0.717, 1.165) is 44.3 Å². The normalized spacial score (nSPS) is 17.6. The SMILES string of the molecule is CCCCC1CCN(CCCN2C(=O)CSc3ccccc32)CC1.CCOCC. The average molecular weight is 421 g/mol. The van der Waals surface area contributed by atoms with Crippen molar-refractivity contribution in [2.45, 2.75) is 64.2 Å². The molecule has 0 radical (unpaired) electrons. The number of nitrogens with zero attached hydrogens (tertiary/aromatic N) is 2. The first kappa shape index (κ1) is 24.2. The highest BCUT2D eigenvalue weighted by Gasteiger charge is 2.24. The van der Waals surface area contributed by atoms with Crippen LogP contribution in [0.4, 0.5) is 5.69 Å². The molecule has 1 fully saturated rings. The van der Waals surface area contributed by atoms with Crippen molar-refractivity contribution < 1.29 is 9.53 Å². The molecule has 2 aliphatic rings. The number of thioether (sulfide) groups is 1. The molecule has 1 aromatic rings. The van der Waals surface area contributed by atoms with Crippen LogP contribution in [0.1, 0.15) is 59.3 Å². The summed E-state index contributed by atoms with van der Waals surface area (Å²) >= 11 is 1.67. The molecule has 0 N–H and O–H groups in total. The average Bonchev–Trinajstić information content (AvgIpc) is 2.76. The number of para-hydroxylation sites is 1. The van der Waals surface area contributed by atoms with Crippen molar-refractivity contribution in [2.75, 3.05) is 50.0 Å². The van der Waals surface area contributed by atoms with Gasteiger partial charge in [0.15, 0.2) is 0 Å². The minimum atomic E-state index is 0.261. The highest BCUT2D eigenvalue weighted by molar-refractivity contribution is 8.00. The summed E-state index contributed by atoms with van der Waals surface area (Å²) in [5, 5.41) is 0. The van der Waals surface area contributed by atoms with E-state index < -0.39 is 0 Å². The van der Waals surface area contributed by atoms with Crippen LogP contribution in [0.3, 0.4) is 0 Å². The van der Waals surface area contributed by atoms with Crippen molar-refractivity contribution in [2.24, 2.45) is 5.92 Å². The zero-order valence-corrected chi connectivity index (χ0v) is 19.5. The second kappa shape index (κ2) is 14.1. The minimum Gasteiger partial charge on any atom is -0.382 e. The number of piperidine rings is 1. The largest absolute Gasteiger partial charge is 0.382 e. The highest BCUT2D eigenvalue weighted by Crippen LogP contribution is 2.35. The molecule has 0 unspecified atom stereocenters. The van der Waals surface area contributed by atoms with Crippen LogP contribution in [0.15, 0.2) is 29.2 Å². The van der Waals surface area contributed by atoms with Crippen LogP contribution < -0.4 is 4.90 Å². The number of anilines is 1. The lowest BCUT2D eigenvalue weighted by Gasteiger charge is -2.33. The van der Waals surface area contributed by atoms with Gasteiger partial charge in [0.1, 0.15) is 0 Å². The maximum atomic E-state index is 12.3. The summed E-state index contributed by atoms with van der Waals surface area (Å²) < 4.78 is 4.83. The molecule has 3 rings (SSSR count). The predicted octanol–water partition coefficient (Wildman–Crippen LogP) is 5.46. The van der Waals surface area contributed by atoms with E-state index in [0.29, 0.717) is 5.75 Å². The molecule has 2 heterocycles. The van der Waals surface area contributed by atoms with Gasteiger partial charge < -0.3 is 14.5 Å². The van der Waals surface area contributed by atoms with Crippen LogP contribution in [0.25, 0.3) is 0 Å². The molecule has 1 aromatic carbocycles.